The molecule has 186 valence electrons. The summed E-state index contributed by atoms with van der Waals surface area (Å²) in [6.45, 7) is 5.23. The van der Waals surface area contributed by atoms with E-state index in [2.05, 4.69) is 17.1 Å². The van der Waals surface area contributed by atoms with Crippen molar-refractivity contribution in [2.45, 2.75) is 81.9 Å². The summed E-state index contributed by atoms with van der Waals surface area (Å²) in [5, 5.41) is 24.5. The number of amides is 1. The Bertz CT molecular complexity index is 945. The summed E-state index contributed by atoms with van der Waals surface area (Å²) < 4.78 is 0. The number of aromatic nitrogens is 1. The molecule has 6 rings (SSSR count). The van der Waals surface area contributed by atoms with Gasteiger partial charge in [-0.05, 0) is 93.9 Å². The Morgan fingerprint density at radius 1 is 1.18 bits per heavy atom. The first-order valence-electron chi connectivity index (χ1n) is 12.9. The SMILES string of the molecule is CCCSc1nc(N2CCC(C)(C(=O)O)CC2)ccc1C(=O)N[C@H]1C2CC3CC1C[C@@](O)(C3)C2. The Balaban J connectivity index is 1.31. The van der Waals surface area contributed by atoms with Crippen molar-refractivity contribution in [2.75, 3.05) is 23.7 Å². The monoisotopic (exact) mass is 487 g/mol. The van der Waals surface area contributed by atoms with Gasteiger partial charge in [0.15, 0.2) is 0 Å². The van der Waals surface area contributed by atoms with Crippen LogP contribution in [0.15, 0.2) is 17.2 Å². The number of carbonyl (C=O) groups excluding carboxylic acids is 1. The molecule has 7 nitrogen and oxygen atoms in total. The normalized spacial score (nSPS) is 33.7. The molecule has 4 bridgehead atoms. The van der Waals surface area contributed by atoms with Gasteiger partial charge in [0, 0.05) is 19.1 Å². The first-order chi connectivity index (χ1) is 16.2. The summed E-state index contributed by atoms with van der Waals surface area (Å²) in [6, 6.07) is 3.95. The van der Waals surface area contributed by atoms with Gasteiger partial charge in [-0.15, -0.1) is 11.8 Å². The molecular weight excluding hydrogens is 450 g/mol. The maximum atomic E-state index is 13.4. The van der Waals surface area contributed by atoms with Crippen molar-refractivity contribution in [3.05, 3.63) is 17.7 Å². The van der Waals surface area contributed by atoms with Gasteiger partial charge in [-0.2, -0.15) is 0 Å². The Labute approximate surface area is 206 Å². The zero-order valence-electron chi connectivity index (χ0n) is 20.3. The number of aliphatic hydroxyl groups is 1. The average molecular weight is 488 g/mol. The largest absolute Gasteiger partial charge is 0.481 e. The van der Waals surface area contributed by atoms with Gasteiger partial charge < -0.3 is 20.4 Å². The van der Waals surface area contributed by atoms with E-state index in [1.54, 1.807) is 11.8 Å². The lowest BCUT2D eigenvalue weighted by molar-refractivity contribution is -0.149. The van der Waals surface area contributed by atoms with Crippen LogP contribution in [-0.2, 0) is 4.79 Å². The van der Waals surface area contributed by atoms with Crippen LogP contribution in [0.1, 0.15) is 75.6 Å². The molecule has 0 spiro atoms. The minimum Gasteiger partial charge on any atom is -0.481 e. The zero-order valence-corrected chi connectivity index (χ0v) is 21.1. The highest BCUT2D eigenvalue weighted by molar-refractivity contribution is 7.99. The molecule has 4 saturated carbocycles. The fourth-order valence-electron chi connectivity index (χ4n) is 6.98. The topological polar surface area (TPSA) is 103 Å². The minimum absolute atomic E-state index is 0.0563. The molecule has 34 heavy (non-hydrogen) atoms. The number of carbonyl (C=O) groups is 2. The molecule has 5 aliphatic rings. The summed E-state index contributed by atoms with van der Waals surface area (Å²) in [7, 11) is 0. The Morgan fingerprint density at radius 3 is 2.44 bits per heavy atom. The van der Waals surface area contributed by atoms with Crippen LogP contribution in [0, 0.1) is 23.2 Å². The summed E-state index contributed by atoms with van der Waals surface area (Å²) >= 11 is 1.62. The fourth-order valence-corrected chi connectivity index (χ4v) is 7.85. The van der Waals surface area contributed by atoms with E-state index < -0.39 is 17.0 Å². The number of piperidine rings is 1. The maximum Gasteiger partial charge on any atom is 0.309 e. The number of hydrogen-bond acceptors (Lipinski definition) is 6. The summed E-state index contributed by atoms with van der Waals surface area (Å²) in [5.41, 5.74) is -0.557. The van der Waals surface area contributed by atoms with Crippen LogP contribution in [0.2, 0.25) is 0 Å². The van der Waals surface area contributed by atoms with Gasteiger partial charge >= 0.3 is 5.97 Å². The standard InChI is InChI=1S/C26H37N3O4S/c1-3-10-34-23-19(4-5-20(27-23)29-8-6-25(2,7-9-29)24(31)32)22(30)28-21-17-11-16-12-18(21)15-26(33,13-16)14-17/h4-5,16-18,21,33H,3,6-15H2,1-2H3,(H,28,30)(H,31,32)/t16?,17?,18?,21-,26+. The van der Waals surface area contributed by atoms with Crippen molar-refractivity contribution in [1.29, 1.82) is 0 Å². The highest BCUT2D eigenvalue weighted by Gasteiger charge is 2.55. The Morgan fingerprint density at radius 2 is 1.85 bits per heavy atom. The Kier molecular flexibility index (Phi) is 6.34. The van der Waals surface area contributed by atoms with Gasteiger partial charge in [-0.1, -0.05) is 6.92 Å². The summed E-state index contributed by atoms with van der Waals surface area (Å²) in [4.78, 5) is 32.1. The third-order valence-electron chi connectivity index (χ3n) is 8.78. The van der Waals surface area contributed by atoms with Gasteiger partial charge in [0.05, 0.1) is 16.6 Å². The van der Waals surface area contributed by atoms with E-state index >= 15 is 0 Å². The van der Waals surface area contributed by atoms with E-state index in [-0.39, 0.29) is 11.9 Å². The molecule has 0 aromatic carbocycles. The summed E-state index contributed by atoms with van der Waals surface area (Å²) in [5.74, 6) is 2.27. The molecule has 1 aliphatic heterocycles. The molecular formula is C26H37N3O4S. The van der Waals surface area contributed by atoms with Crippen LogP contribution >= 0.6 is 11.8 Å². The first-order valence-corrected chi connectivity index (χ1v) is 13.8. The fraction of sp³-hybridized carbons (Fsp3) is 0.731. The van der Waals surface area contributed by atoms with Gasteiger partial charge in [0.2, 0.25) is 0 Å². The van der Waals surface area contributed by atoms with Crippen LogP contribution < -0.4 is 10.2 Å². The van der Waals surface area contributed by atoms with Crippen LogP contribution in [0.4, 0.5) is 5.82 Å². The molecule has 1 aromatic rings. The van der Waals surface area contributed by atoms with Crippen molar-refractivity contribution in [3.8, 4) is 0 Å². The van der Waals surface area contributed by atoms with Crippen molar-refractivity contribution in [2.24, 2.45) is 23.2 Å². The zero-order chi connectivity index (χ0) is 24.1. The molecule has 1 aromatic heterocycles. The number of pyridine rings is 1. The second-order valence-electron chi connectivity index (χ2n) is 11.4. The molecule has 2 unspecified atom stereocenters. The lowest BCUT2D eigenvalue weighted by Crippen LogP contribution is -2.61. The van der Waals surface area contributed by atoms with Crippen molar-refractivity contribution >= 4 is 29.5 Å². The molecule has 2 heterocycles. The number of anilines is 1. The maximum absolute atomic E-state index is 13.4. The lowest BCUT2D eigenvalue weighted by atomic mass is 9.52. The highest BCUT2D eigenvalue weighted by Crippen LogP contribution is 2.55. The van der Waals surface area contributed by atoms with E-state index in [0.717, 1.165) is 55.1 Å². The van der Waals surface area contributed by atoms with Crippen LogP contribution in [0.5, 0.6) is 0 Å². The molecule has 2 atom stereocenters. The molecule has 8 heteroatoms. The molecule has 0 radical (unpaired) electrons. The van der Waals surface area contributed by atoms with Gasteiger partial charge in [-0.25, -0.2) is 4.98 Å². The number of rotatable bonds is 7. The average Bonchev–Trinajstić information content (AvgIpc) is 2.79. The second-order valence-corrected chi connectivity index (χ2v) is 12.5. The van der Waals surface area contributed by atoms with Crippen LogP contribution in [-0.4, -0.2) is 57.6 Å². The molecule has 1 amide bonds. The van der Waals surface area contributed by atoms with Crippen molar-refractivity contribution in [1.82, 2.24) is 10.3 Å². The second kappa shape index (κ2) is 9.01. The number of thioether (sulfide) groups is 1. The third-order valence-corrected chi connectivity index (χ3v) is 9.98. The van der Waals surface area contributed by atoms with Crippen molar-refractivity contribution < 1.29 is 19.8 Å². The minimum atomic E-state index is -0.733. The van der Waals surface area contributed by atoms with E-state index in [1.807, 2.05) is 19.1 Å². The molecule has 1 saturated heterocycles. The van der Waals surface area contributed by atoms with Crippen molar-refractivity contribution in [3.63, 3.8) is 0 Å². The summed E-state index contributed by atoms with van der Waals surface area (Å²) in [6.07, 6.45) is 6.94. The first kappa shape index (κ1) is 23.9. The number of nitrogens with zero attached hydrogens (tertiary/aromatic N) is 2. The smallest absolute Gasteiger partial charge is 0.309 e. The quantitative estimate of drug-likeness (QED) is 0.501. The number of hydrogen-bond donors (Lipinski definition) is 3. The van der Waals surface area contributed by atoms with E-state index in [1.165, 1.54) is 0 Å². The van der Waals surface area contributed by atoms with E-state index in [4.69, 9.17) is 4.98 Å². The van der Waals surface area contributed by atoms with Gasteiger partial charge in [-0.3, -0.25) is 9.59 Å². The number of nitrogens with one attached hydrogen (secondary N) is 1. The van der Waals surface area contributed by atoms with Gasteiger partial charge in [0.25, 0.3) is 5.91 Å². The predicted molar refractivity (Wildman–Crippen MR) is 132 cm³/mol. The van der Waals surface area contributed by atoms with E-state index in [0.29, 0.717) is 49.2 Å². The van der Waals surface area contributed by atoms with Crippen LogP contribution in [0.3, 0.4) is 0 Å². The number of carboxylic acids is 1. The predicted octanol–water partition coefficient (Wildman–Crippen LogP) is 3.94. The third kappa shape index (κ3) is 4.43. The molecule has 5 fully saturated rings. The van der Waals surface area contributed by atoms with E-state index in [9.17, 15) is 19.8 Å². The Hall–Kier alpha value is -1.80. The van der Waals surface area contributed by atoms with Gasteiger partial charge in [0.1, 0.15) is 10.8 Å². The molecule has 4 aliphatic carbocycles. The lowest BCUT2D eigenvalue weighted by Gasteiger charge is -2.58. The van der Waals surface area contributed by atoms with Crippen LogP contribution in [0.25, 0.3) is 0 Å². The molecule has 3 N–H and O–H groups in total. The highest BCUT2D eigenvalue weighted by atomic mass is 32.2. The number of carboxylic acid groups (broad SMARTS) is 1. The number of aliphatic carboxylic acids is 1.